The normalized spacial score (nSPS) is 11.7. The Bertz CT molecular complexity index is 526. The van der Waals surface area contributed by atoms with E-state index in [4.69, 9.17) is 10.2 Å². The summed E-state index contributed by atoms with van der Waals surface area (Å²) in [6.45, 7) is 1.82. The van der Waals surface area contributed by atoms with Crippen LogP contribution in [0.25, 0.3) is 11.0 Å². The van der Waals surface area contributed by atoms with Gasteiger partial charge in [-0.1, -0.05) is 18.2 Å². The van der Waals surface area contributed by atoms with E-state index < -0.39 is 0 Å². The molecule has 2 rings (SSSR count). The molecule has 0 saturated carbocycles. The van der Waals surface area contributed by atoms with Crippen LogP contribution in [0.4, 0.5) is 0 Å². The highest BCUT2D eigenvalue weighted by Crippen LogP contribution is 2.19. The minimum Gasteiger partial charge on any atom is -0.455 e. The number of thiocarbonyl (C=S) groups is 1. The first-order chi connectivity index (χ1) is 7.66. The number of benzene rings is 1. The van der Waals surface area contributed by atoms with E-state index in [0.717, 1.165) is 11.0 Å². The molecule has 16 heavy (non-hydrogen) atoms. The Morgan fingerprint density at radius 3 is 2.88 bits per heavy atom. The molecule has 4 nitrogen and oxygen atoms in total. The molecule has 1 aromatic carbocycles. The summed E-state index contributed by atoms with van der Waals surface area (Å²) >= 11 is 4.66. The van der Waals surface area contributed by atoms with Crippen LogP contribution in [0.3, 0.4) is 0 Å². The molecule has 0 spiro atoms. The van der Waals surface area contributed by atoms with Crippen LogP contribution in [0.1, 0.15) is 12.7 Å². The Hall–Kier alpha value is -1.88. The van der Waals surface area contributed by atoms with Gasteiger partial charge in [-0.05, 0) is 31.3 Å². The number of fused-ring (bicyclic) bond motifs is 1. The monoisotopic (exact) mass is 233 g/mol. The van der Waals surface area contributed by atoms with Gasteiger partial charge in [0.2, 0.25) is 0 Å². The van der Waals surface area contributed by atoms with E-state index in [1.165, 1.54) is 0 Å². The molecule has 0 atom stereocenters. The topological polar surface area (TPSA) is 63.5 Å². The van der Waals surface area contributed by atoms with Crippen molar-refractivity contribution in [2.45, 2.75) is 6.92 Å². The van der Waals surface area contributed by atoms with Gasteiger partial charge in [0.05, 0.1) is 0 Å². The second-order valence-corrected chi connectivity index (χ2v) is 3.76. The number of para-hydroxylation sites is 1. The Balaban J connectivity index is 2.33. The standard InChI is InChI=1S/C11H11N3OS/c1-7(13-14-11(12)16)10-6-8-4-2-3-5-9(8)15-10/h2-6H,1H3,(H3,12,14,16). The van der Waals surface area contributed by atoms with Crippen molar-refractivity contribution in [1.29, 1.82) is 0 Å². The van der Waals surface area contributed by atoms with Crippen LogP contribution in [-0.4, -0.2) is 10.8 Å². The molecule has 3 N–H and O–H groups in total. The van der Waals surface area contributed by atoms with E-state index in [1.54, 1.807) is 0 Å². The van der Waals surface area contributed by atoms with Gasteiger partial charge in [0.15, 0.2) is 10.9 Å². The molecular weight excluding hydrogens is 222 g/mol. The minimum atomic E-state index is 0.135. The lowest BCUT2D eigenvalue weighted by Gasteiger charge is -1.97. The zero-order chi connectivity index (χ0) is 11.5. The van der Waals surface area contributed by atoms with Crippen LogP contribution in [-0.2, 0) is 0 Å². The first kappa shape index (κ1) is 10.6. The number of nitrogens with two attached hydrogens (primary N) is 1. The number of furan rings is 1. The second kappa shape index (κ2) is 4.32. The molecule has 82 valence electrons. The van der Waals surface area contributed by atoms with Crippen molar-refractivity contribution in [3.05, 3.63) is 36.1 Å². The Morgan fingerprint density at radius 1 is 1.44 bits per heavy atom. The third-order valence-electron chi connectivity index (χ3n) is 2.12. The van der Waals surface area contributed by atoms with Gasteiger partial charge in [-0.15, -0.1) is 0 Å². The lowest BCUT2D eigenvalue weighted by Crippen LogP contribution is -2.25. The molecular formula is C11H11N3OS. The molecule has 0 aliphatic heterocycles. The van der Waals surface area contributed by atoms with E-state index in [9.17, 15) is 0 Å². The third kappa shape index (κ3) is 2.20. The van der Waals surface area contributed by atoms with Gasteiger partial charge in [-0.2, -0.15) is 5.10 Å². The summed E-state index contributed by atoms with van der Waals surface area (Å²) in [5.41, 5.74) is 9.34. The maximum absolute atomic E-state index is 5.61. The number of hydrazone groups is 1. The van der Waals surface area contributed by atoms with Crippen LogP contribution in [0.15, 0.2) is 39.9 Å². The summed E-state index contributed by atoms with van der Waals surface area (Å²) in [5, 5.41) is 5.17. The largest absolute Gasteiger partial charge is 0.455 e. The highest BCUT2D eigenvalue weighted by atomic mass is 32.1. The fourth-order valence-corrected chi connectivity index (χ4v) is 1.40. The van der Waals surface area contributed by atoms with Crippen molar-refractivity contribution in [3.63, 3.8) is 0 Å². The summed E-state index contributed by atoms with van der Waals surface area (Å²) < 4.78 is 5.61. The predicted octanol–water partition coefficient (Wildman–Crippen LogP) is 1.99. The molecule has 0 radical (unpaired) electrons. The molecule has 1 heterocycles. The number of nitrogens with one attached hydrogen (secondary N) is 1. The van der Waals surface area contributed by atoms with E-state index in [0.29, 0.717) is 11.5 Å². The van der Waals surface area contributed by atoms with Crippen molar-refractivity contribution in [2.24, 2.45) is 10.8 Å². The highest BCUT2D eigenvalue weighted by molar-refractivity contribution is 7.80. The van der Waals surface area contributed by atoms with Crippen LogP contribution in [0.5, 0.6) is 0 Å². The zero-order valence-electron chi connectivity index (χ0n) is 8.73. The van der Waals surface area contributed by atoms with Crippen LogP contribution >= 0.6 is 12.2 Å². The molecule has 0 saturated heterocycles. The van der Waals surface area contributed by atoms with Gasteiger partial charge < -0.3 is 10.2 Å². The van der Waals surface area contributed by atoms with Gasteiger partial charge in [-0.3, -0.25) is 5.43 Å². The van der Waals surface area contributed by atoms with Crippen molar-refractivity contribution < 1.29 is 4.42 Å². The second-order valence-electron chi connectivity index (χ2n) is 3.32. The fourth-order valence-electron chi connectivity index (χ4n) is 1.35. The first-order valence-corrected chi connectivity index (χ1v) is 5.16. The maximum atomic E-state index is 5.61. The molecule has 5 heteroatoms. The number of hydrogen-bond acceptors (Lipinski definition) is 3. The summed E-state index contributed by atoms with van der Waals surface area (Å²) in [4.78, 5) is 0. The molecule has 2 aromatic rings. The van der Waals surface area contributed by atoms with Crippen molar-refractivity contribution in [1.82, 2.24) is 5.43 Å². The van der Waals surface area contributed by atoms with E-state index >= 15 is 0 Å². The van der Waals surface area contributed by atoms with Crippen molar-refractivity contribution in [3.8, 4) is 0 Å². The van der Waals surface area contributed by atoms with Crippen LogP contribution < -0.4 is 11.2 Å². The summed E-state index contributed by atoms with van der Waals surface area (Å²) in [7, 11) is 0. The fraction of sp³-hybridized carbons (Fsp3) is 0.0909. The number of rotatable bonds is 2. The Kier molecular flexibility index (Phi) is 2.87. The first-order valence-electron chi connectivity index (χ1n) is 4.75. The average Bonchev–Trinajstić information content (AvgIpc) is 2.69. The SMILES string of the molecule is CC(=NNC(N)=S)c1cc2ccccc2o1. The quantitative estimate of drug-likeness (QED) is 0.473. The van der Waals surface area contributed by atoms with Gasteiger partial charge >= 0.3 is 0 Å². The van der Waals surface area contributed by atoms with E-state index in [-0.39, 0.29) is 5.11 Å². The summed E-state index contributed by atoms with van der Waals surface area (Å²) in [6, 6.07) is 9.70. The summed E-state index contributed by atoms with van der Waals surface area (Å²) in [6.07, 6.45) is 0. The molecule has 0 bridgehead atoms. The molecule has 0 unspecified atom stereocenters. The van der Waals surface area contributed by atoms with Gasteiger partial charge in [0.25, 0.3) is 0 Å². The third-order valence-corrected chi connectivity index (χ3v) is 2.21. The number of nitrogens with zero attached hydrogens (tertiary/aromatic N) is 1. The number of hydrogen-bond donors (Lipinski definition) is 2. The lowest BCUT2D eigenvalue weighted by atomic mass is 10.2. The molecule has 0 fully saturated rings. The minimum absolute atomic E-state index is 0.135. The van der Waals surface area contributed by atoms with E-state index in [2.05, 4.69) is 22.7 Å². The Labute approximate surface area is 98.1 Å². The summed E-state index contributed by atoms with van der Waals surface area (Å²) in [5.74, 6) is 0.699. The molecule has 1 aromatic heterocycles. The van der Waals surface area contributed by atoms with Gasteiger partial charge in [-0.25, -0.2) is 0 Å². The average molecular weight is 233 g/mol. The van der Waals surface area contributed by atoms with Gasteiger partial charge in [0, 0.05) is 5.39 Å². The maximum Gasteiger partial charge on any atom is 0.184 e. The highest BCUT2D eigenvalue weighted by Gasteiger charge is 2.05. The molecule has 0 aliphatic rings. The lowest BCUT2D eigenvalue weighted by molar-refractivity contribution is 0.603. The Morgan fingerprint density at radius 2 is 2.19 bits per heavy atom. The predicted molar refractivity (Wildman–Crippen MR) is 68.3 cm³/mol. The van der Waals surface area contributed by atoms with Crippen LogP contribution in [0.2, 0.25) is 0 Å². The van der Waals surface area contributed by atoms with Crippen molar-refractivity contribution >= 4 is 34.0 Å². The zero-order valence-corrected chi connectivity index (χ0v) is 9.54. The van der Waals surface area contributed by atoms with Crippen LogP contribution in [0, 0.1) is 0 Å². The molecule has 0 amide bonds. The van der Waals surface area contributed by atoms with Crippen molar-refractivity contribution in [2.75, 3.05) is 0 Å². The smallest absolute Gasteiger partial charge is 0.184 e. The molecule has 0 aliphatic carbocycles. The van der Waals surface area contributed by atoms with E-state index in [1.807, 2.05) is 37.3 Å². The van der Waals surface area contributed by atoms with Gasteiger partial charge in [0.1, 0.15) is 11.3 Å².